The molecule has 0 aliphatic heterocycles. The fourth-order valence-electron chi connectivity index (χ4n) is 3.26. The summed E-state index contributed by atoms with van der Waals surface area (Å²) in [6.45, 7) is 2.86. The lowest BCUT2D eigenvalue weighted by Crippen LogP contribution is -2.36. The van der Waals surface area contributed by atoms with Crippen molar-refractivity contribution in [1.82, 2.24) is 24.3 Å². The zero-order valence-corrected chi connectivity index (χ0v) is 16.0. The normalized spacial score (nSPS) is 11.2. The number of hydrogen-bond acceptors (Lipinski definition) is 4. The molecule has 4 aromatic rings. The number of benzene rings is 2. The topological polar surface area (TPSA) is 72.5 Å². The Morgan fingerprint density at radius 1 is 1.18 bits per heavy atom. The third-order valence-electron chi connectivity index (χ3n) is 4.72. The molecule has 0 spiro atoms. The summed E-state index contributed by atoms with van der Waals surface area (Å²) >= 11 is 6.07. The molecule has 2 aromatic carbocycles. The maximum Gasteiger partial charge on any atom is 0.262 e. The Balaban J connectivity index is 1.73. The van der Waals surface area contributed by atoms with Crippen LogP contribution >= 0.6 is 11.6 Å². The molecule has 0 aliphatic carbocycles. The summed E-state index contributed by atoms with van der Waals surface area (Å²) in [4.78, 5) is 27.7. The Hall–Kier alpha value is -3.19. The van der Waals surface area contributed by atoms with Gasteiger partial charge in [-0.2, -0.15) is 4.52 Å². The molecule has 2 heterocycles. The second-order valence-corrected chi connectivity index (χ2v) is 6.89. The van der Waals surface area contributed by atoms with Crippen molar-refractivity contribution in [3.8, 4) is 0 Å². The molecule has 0 saturated heterocycles. The van der Waals surface area contributed by atoms with Gasteiger partial charge < -0.3 is 4.90 Å². The van der Waals surface area contributed by atoms with Crippen LogP contribution in [0.4, 0.5) is 0 Å². The average Bonchev–Trinajstić information content (AvgIpc) is 3.19. The number of halogens is 1. The molecule has 4 rings (SSSR count). The fourth-order valence-corrected chi connectivity index (χ4v) is 3.43. The van der Waals surface area contributed by atoms with Gasteiger partial charge in [-0.15, -0.1) is 5.10 Å². The van der Waals surface area contributed by atoms with Gasteiger partial charge in [-0.1, -0.05) is 47.1 Å². The lowest BCUT2D eigenvalue weighted by Gasteiger charge is -2.22. The smallest absolute Gasteiger partial charge is 0.262 e. The zero-order valence-electron chi connectivity index (χ0n) is 15.2. The van der Waals surface area contributed by atoms with Crippen molar-refractivity contribution in [2.24, 2.45) is 0 Å². The molecule has 0 radical (unpaired) electrons. The standard InChI is InChI=1S/C20H18ClN5O2/c1-2-24(12-14-6-4-3-5-7-14)19(27)13-25-18-11-22-23-26(18)17-10-15(21)8-9-16(17)20(25)28/h3-11H,2,12-13H2,1H3. The van der Waals surface area contributed by atoms with E-state index in [1.165, 1.54) is 15.3 Å². The summed E-state index contributed by atoms with van der Waals surface area (Å²) in [5.74, 6) is -0.148. The monoisotopic (exact) mass is 395 g/mol. The van der Waals surface area contributed by atoms with E-state index in [9.17, 15) is 9.59 Å². The van der Waals surface area contributed by atoms with Gasteiger partial charge in [-0.05, 0) is 30.7 Å². The summed E-state index contributed by atoms with van der Waals surface area (Å²) in [6, 6.07) is 14.7. The SMILES string of the molecule is CCN(Cc1ccccc1)C(=O)Cn1c(=O)c2ccc(Cl)cc2n2nncc12. The van der Waals surface area contributed by atoms with Crippen LogP contribution in [0.1, 0.15) is 12.5 Å². The van der Waals surface area contributed by atoms with Crippen LogP contribution in [0.5, 0.6) is 0 Å². The summed E-state index contributed by atoms with van der Waals surface area (Å²) in [5.41, 5.74) is 1.77. The maximum absolute atomic E-state index is 13.0. The minimum Gasteiger partial charge on any atom is -0.337 e. The molecular weight excluding hydrogens is 378 g/mol. The van der Waals surface area contributed by atoms with Crippen molar-refractivity contribution in [1.29, 1.82) is 0 Å². The zero-order chi connectivity index (χ0) is 19.7. The van der Waals surface area contributed by atoms with Gasteiger partial charge in [0.2, 0.25) is 5.91 Å². The number of aromatic nitrogens is 4. The molecule has 1 amide bonds. The molecule has 7 nitrogen and oxygen atoms in total. The van der Waals surface area contributed by atoms with Crippen LogP contribution in [0.25, 0.3) is 16.6 Å². The number of hydrogen-bond donors (Lipinski definition) is 0. The molecule has 142 valence electrons. The van der Waals surface area contributed by atoms with Crippen molar-refractivity contribution in [3.05, 3.63) is 75.7 Å². The van der Waals surface area contributed by atoms with Crippen LogP contribution in [0.2, 0.25) is 5.02 Å². The van der Waals surface area contributed by atoms with Crippen molar-refractivity contribution in [2.75, 3.05) is 6.54 Å². The maximum atomic E-state index is 13.0. The third kappa shape index (κ3) is 3.25. The van der Waals surface area contributed by atoms with Crippen molar-refractivity contribution in [3.63, 3.8) is 0 Å². The van der Waals surface area contributed by atoms with Crippen molar-refractivity contribution >= 4 is 34.1 Å². The van der Waals surface area contributed by atoms with E-state index < -0.39 is 0 Å². The Morgan fingerprint density at radius 2 is 1.96 bits per heavy atom. The Labute approximate surface area is 165 Å². The number of amides is 1. The lowest BCUT2D eigenvalue weighted by atomic mass is 10.2. The van der Waals surface area contributed by atoms with Gasteiger partial charge in [0.25, 0.3) is 5.56 Å². The molecule has 0 saturated carbocycles. The van der Waals surface area contributed by atoms with Gasteiger partial charge in [0.1, 0.15) is 6.54 Å². The molecule has 8 heteroatoms. The van der Waals surface area contributed by atoms with Crippen molar-refractivity contribution in [2.45, 2.75) is 20.0 Å². The van der Waals surface area contributed by atoms with E-state index in [0.29, 0.717) is 34.7 Å². The second kappa shape index (κ2) is 7.44. The Morgan fingerprint density at radius 3 is 2.71 bits per heavy atom. The first kappa shape index (κ1) is 18.2. The van der Waals surface area contributed by atoms with E-state index in [0.717, 1.165) is 5.56 Å². The molecule has 0 bridgehead atoms. The Bertz CT molecular complexity index is 1220. The van der Waals surface area contributed by atoms with Crippen LogP contribution < -0.4 is 5.56 Å². The molecule has 0 aliphatic rings. The number of carbonyl (C=O) groups is 1. The van der Waals surface area contributed by atoms with E-state index in [1.54, 1.807) is 23.1 Å². The van der Waals surface area contributed by atoms with Gasteiger partial charge >= 0.3 is 0 Å². The minimum absolute atomic E-state index is 0.0883. The number of fused-ring (bicyclic) bond motifs is 3. The first-order valence-electron chi connectivity index (χ1n) is 8.92. The predicted molar refractivity (Wildman–Crippen MR) is 107 cm³/mol. The highest BCUT2D eigenvalue weighted by atomic mass is 35.5. The highest BCUT2D eigenvalue weighted by Gasteiger charge is 2.18. The first-order chi connectivity index (χ1) is 13.6. The first-order valence-corrected chi connectivity index (χ1v) is 9.30. The predicted octanol–water partition coefficient (Wildman–Crippen LogP) is 2.75. The molecular formula is C20H18ClN5O2. The highest BCUT2D eigenvalue weighted by molar-refractivity contribution is 6.31. The van der Waals surface area contributed by atoms with Crippen LogP contribution in [-0.2, 0) is 17.9 Å². The van der Waals surface area contributed by atoms with E-state index >= 15 is 0 Å². The summed E-state index contributed by atoms with van der Waals surface area (Å²) in [6.07, 6.45) is 1.47. The van der Waals surface area contributed by atoms with Gasteiger partial charge in [0, 0.05) is 18.1 Å². The minimum atomic E-state index is -0.273. The van der Waals surface area contributed by atoms with Crippen LogP contribution in [0, 0.1) is 0 Å². The highest BCUT2D eigenvalue weighted by Crippen LogP contribution is 2.18. The van der Waals surface area contributed by atoms with E-state index in [2.05, 4.69) is 10.3 Å². The largest absolute Gasteiger partial charge is 0.337 e. The lowest BCUT2D eigenvalue weighted by molar-refractivity contribution is -0.132. The van der Waals surface area contributed by atoms with Gasteiger partial charge in [0.05, 0.1) is 17.1 Å². The van der Waals surface area contributed by atoms with Crippen LogP contribution in [-0.4, -0.2) is 36.7 Å². The van der Waals surface area contributed by atoms with E-state index in [-0.39, 0.29) is 18.0 Å². The molecule has 0 unspecified atom stereocenters. The average molecular weight is 396 g/mol. The van der Waals surface area contributed by atoms with Gasteiger partial charge in [-0.3, -0.25) is 14.2 Å². The van der Waals surface area contributed by atoms with Gasteiger partial charge in [-0.25, -0.2) is 0 Å². The summed E-state index contributed by atoms with van der Waals surface area (Å²) < 4.78 is 2.94. The summed E-state index contributed by atoms with van der Waals surface area (Å²) in [5, 5.41) is 8.89. The quantitative estimate of drug-likeness (QED) is 0.521. The van der Waals surface area contributed by atoms with E-state index in [4.69, 9.17) is 11.6 Å². The van der Waals surface area contributed by atoms with Gasteiger partial charge in [0.15, 0.2) is 5.65 Å². The molecule has 0 fully saturated rings. The Kier molecular flexibility index (Phi) is 4.83. The molecule has 0 N–H and O–H groups in total. The summed E-state index contributed by atoms with van der Waals surface area (Å²) in [7, 11) is 0. The third-order valence-corrected chi connectivity index (χ3v) is 4.95. The van der Waals surface area contributed by atoms with Crippen LogP contribution in [0.15, 0.2) is 59.5 Å². The second-order valence-electron chi connectivity index (χ2n) is 6.45. The number of nitrogens with zero attached hydrogens (tertiary/aromatic N) is 5. The van der Waals surface area contributed by atoms with Crippen molar-refractivity contribution < 1.29 is 4.79 Å². The molecule has 0 atom stereocenters. The molecule has 2 aromatic heterocycles. The van der Waals surface area contributed by atoms with E-state index in [1.807, 2.05) is 37.3 Å². The number of likely N-dealkylation sites (N-methyl/N-ethyl adjacent to an activating group) is 1. The van der Waals surface area contributed by atoms with Crippen LogP contribution in [0.3, 0.4) is 0 Å². The number of carbonyl (C=O) groups excluding carboxylic acids is 1. The fraction of sp³-hybridized carbons (Fsp3) is 0.200. The number of rotatable bonds is 5. The molecule has 28 heavy (non-hydrogen) atoms.